The van der Waals surface area contributed by atoms with Gasteiger partial charge in [-0.15, -0.1) is 0 Å². The second kappa shape index (κ2) is 13.0. The predicted octanol–water partition coefficient (Wildman–Crippen LogP) is 6.78. The van der Waals surface area contributed by atoms with Crippen molar-refractivity contribution in [3.63, 3.8) is 0 Å². The number of nitrogens with one attached hydrogen (secondary N) is 3. The van der Waals surface area contributed by atoms with Gasteiger partial charge in [0.1, 0.15) is 9.36 Å². The van der Waals surface area contributed by atoms with Crippen LogP contribution in [0, 0.1) is 5.82 Å². The monoisotopic (exact) mass is 717 g/mol. The van der Waals surface area contributed by atoms with Gasteiger partial charge in [0.15, 0.2) is 0 Å². The number of alkyl halides is 1. The van der Waals surface area contributed by atoms with E-state index in [1.54, 1.807) is 0 Å². The van der Waals surface area contributed by atoms with Crippen LogP contribution in [0.25, 0.3) is 0 Å². The van der Waals surface area contributed by atoms with Crippen LogP contribution in [0.15, 0.2) is 65.6 Å². The molecule has 0 saturated heterocycles. The molecule has 1 aliphatic carbocycles. The van der Waals surface area contributed by atoms with Gasteiger partial charge in [-0.3, -0.25) is 4.79 Å². The molecule has 0 aromatic heterocycles. The van der Waals surface area contributed by atoms with Crippen LogP contribution < -0.4 is 15.4 Å². The standard InChI is InChI=1S/C29H31Cl2FIN3O3S/c1-18(2)34-17-19-5-11-24-21(14-19)4-3-13-29(24,33)35-28(37)16-27(20-6-8-22(32)9-7-20)36-40(38,39)23-10-12-25(30)26(31)15-23/h5-12,14-15,18,27,34,36H,3-4,13,16-17H2,1-2H3,(H,35,37). The van der Waals surface area contributed by atoms with Gasteiger partial charge < -0.3 is 10.6 Å². The number of hydrogen-bond acceptors (Lipinski definition) is 4. The number of halogens is 4. The summed E-state index contributed by atoms with van der Waals surface area (Å²) in [5.74, 6) is -0.800. The molecule has 3 N–H and O–H groups in total. The summed E-state index contributed by atoms with van der Waals surface area (Å²) in [6, 6.07) is 15.1. The van der Waals surface area contributed by atoms with E-state index in [-0.39, 0.29) is 27.3 Å². The van der Waals surface area contributed by atoms with Gasteiger partial charge in [-0.05, 0) is 94.4 Å². The Hall–Kier alpha value is -1.76. The van der Waals surface area contributed by atoms with Crippen LogP contribution in [-0.2, 0) is 31.3 Å². The lowest BCUT2D eigenvalue weighted by molar-refractivity contribution is -0.122. The zero-order valence-electron chi connectivity index (χ0n) is 22.1. The highest BCUT2D eigenvalue weighted by Gasteiger charge is 2.36. The lowest BCUT2D eigenvalue weighted by Crippen LogP contribution is -2.44. The van der Waals surface area contributed by atoms with Crippen molar-refractivity contribution in [3.05, 3.63) is 98.8 Å². The van der Waals surface area contributed by atoms with Crippen LogP contribution in [0.1, 0.15) is 61.4 Å². The fourth-order valence-corrected chi connectivity index (χ4v) is 7.56. The van der Waals surface area contributed by atoms with Crippen LogP contribution in [0.4, 0.5) is 4.39 Å². The van der Waals surface area contributed by atoms with Crippen molar-refractivity contribution in [2.75, 3.05) is 0 Å². The first kappa shape index (κ1) is 31.2. The first-order chi connectivity index (χ1) is 18.9. The maximum absolute atomic E-state index is 13.7. The minimum atomic E-state index is -4.09. The molecule has 0 spiro atoms. The van der Waals surface area contributed by atoms with Crippen molar-refractivity contribution in [2.45, 2.75) is 66.6 Å². The molecular formula is C29H31Cl2FIN3O3S. The quantitative estimate of drug-likeness (QED) is 0.123. The molecular weight excluding hydrogens is 687 g/mol. The third-order valence-electron chi connectivity index (χ3n) is 6.78. The predicted molar refractivity (Wildman–Crippen MR) is 166 cm³/mol. The smallest absolute Gasteiger partial charge is 0.241 e. The van der Waals surface area contributed by atoms with Crippen LogP contribution in [0.5, 0.6) is 0 Å². The van der Waals surface area contributed by atoms with Gasteiger partial charge >= 0.3 is 0 Å². The van der Waals surface area contributed by atoms with E-state index < -0.39 is 25.4 Å². The summed E-state index contributed by atoms with van der Waals surface area (Å²) >= 11 is 14.3. The number of carbonyl (C=O) groups excluding carboxylic acids is 1. The Kier molecular flexibility index (Phi) is 10.2. The first-order valence-corrected chi connectivity index (χ1v) is 16.3. The Balaban J connectivity index is 1.56. The normalized spacial score (nSPS) is 17.9. The summed E-state index contributed by atoms with van der Waals surface area (Å²) in [6.07, 6.45) is 2.38. The molecule has 6 nitrogen and oxygen atoms in total. The molecule has 1 amide bonds. The molecule has 0 bridgehead atoms. The van der Waals surface area contributed by atoms with E-state index in [0.717, 1.165) is 31.4 Å². The van der Waals surface area contributed by atoms with Crippen molar-refractivity contribution < 1.29 is 17.6 Å². The minimum Gasteiger partial charge on any atom is -0.338 e. The van der Waals surface area contributed by atoms with Gasteiger partial charge in [-0.1, -0.05) is 67.4 Å². The molecule has 4 rings (SSSR count). The van der Waals surface area contributed by atoms with Crippen LogP contribution >= 0.6 is 45.8 Å². The Morgan fingerprint density at radius 1 is 1.05 bits per heavy atom. The van der Waals surface area contributed by atoms with Crippen molar-refractivity contribution in [3.8, 4) is 0 Å². The molecule has 1 aliphatic rings. The Morgan fingerprint density at radius 2 is 1.77 bits per heavy atom. The number of amides is 1. The summed E-state index contributed by atoms with van der Waals surface area (Å²) in [7, 11) is -4.09. The molecule has 214 valence electrons. The summed E-state index contributed by atoms with van der Waals surface area (Å²) in [4.78, 5) is 13.4. The van der Waals surface area contributed by atoms with E-state index in [4.69, 9.17) is 23.2 Å². The number of aryl methyl sites for hydroxylation is 1. The van der Waals surface area contributed by atoms with Crippen molar-refractivity contribution in [1.82, 2.24) is 15.4 Å². The molecule has 2 unspecified atom stereocenters. The topological polar surface area (TPSA) is 87.3 Å². The molecule has 3 aromatic rings. The molecule has 40 heavy (non-hydrogen) atoms. The van der Waals surface area contributed by atoms with Gasteiger partial charge in [0.25, 0.3) is 0 Å². The molecule has 0 radical (unpaired) electrons. The molecule has 11 heteroatoms. The highest BCUT2D eigenvalue weighted by Crippen LogP contribution is 2.41. The Bertz CT molecular complexity index is 1490. The van der Waals surface area contributed by atoms with Crippen molar-refractivity contribution in [1.29, 1.82) is 0 Å². The maximum Gasteiger partial charge on any atom is 0.241 e. The number of sulfonamides is 1. The maximum atomic E-state index is 13.7. The molecule has 0 heterocycles. The number of hydrogen-bond donors (Lipinski definition) is 3. The number of carbonyl (C=O) groups is 1. The van der Waals surface area contributed by atoms with E-state index in [0.29, 0.717) is 11.6 Å². The zero-order valence-corrected chi connectivity index (χ0v) is 26.6. The van der Waals surface area contributed by atoms with E-state index in [9.17, 15) is 17.6 Å². The second-order valence-corrected chi connectivity index (χ2v) is 14.6. The summed E-state index contributed by atoms with van der Waals surface area (Å²) < 4.78 is 42.1. The summed E-state index contributed by atoms with van der Waals surface area (Å²) in [6.45, 7) is 4.98. The van der Waals surface area contributed by atoms with E-state index in [2.05, 4.69) is 70.0 Å². The van der Waals surface area contributed by atoms with E-state index >= 15 is 0 Å². The molecule has 0 saturated carbocycles. The zero-order chi connectivity index (χ0) is 29.1. The van der Waals surface area contributed by atoms with Crippen molar-refractivity contribution >= 4 is 61.7 Å². The largest absolute Gasteiger partial charge is 0.338 e. The summed E-state index contributed by atoms with van der Waals surface area (Å²) in [5.41, 5.74) is 3.89. The average Bonchev–Trinajstić information content (AvgIpc) is 2.88. The lowest BCUT2D eigenvalue weighted by Gasteiger charge is -2.36. The lowest BCUT2D eigenvalue weighted by atomic mass is 9.86. The van der Waals surface area contributed by atoms with Gasteiger partial charge in [0.2, 0.25) is 15.9 Å². The third-order valence-corrected chi connectivity index (χ3v) is 10.4. The number of benzene rings is 3. The third kappa shape index (κ3) is 7.74. The molecule has 3 aromatic carbocycles. The average molecular weight is 718 g/mol. The first-order valence-electron chi connectivity index (χ1n) is 12.9. The SMILES string of the molecule is CC(C)NCc1ccc2c(c1)CCCC2(I)NC(=O)CC(NS(=O)(=O)c1ccc(Cl)c(Cl)c1)c1ccc(F)cc1. The van der Waals surface area contributed by atoms with Crippen LogP contribution in [0.3, 0.4) is 0 Å². The highest BCUT2D eigenvalue weighted by atomic mass is 127. The van der Waals surface area contributed by atoms with Gasteiger partial charge in [-0.2, -0.15) is 0 Å². The second-order valence-electron chi connectivity index (χ2n) is 10.2. The van der Waals surface area contributed by atoms with Gasteiger partial charge in [0, 0.05) is 19.0 Å². The number of rotatable bonds is 10. The summed E-state index contributed by atoms with van der Waals surface area (Å²) in [5, 5.41) is 6.90. The highest BCUT2D eigenvalue weighted by molar-refractivity contribution is 14.1. The fraction of sp³-hybridized carbons (Fsp3) is 0.345. The van der Waals surface area contributed by atoms with Crippen molar-refractivity contribution in [2.24, 2.45) is 0 Å². The van der Waals surface area contributed by atoms with E-state index in [1.165, 1.54) is 53.6 Å². The van der Waals surface area contributed by atoms with Gasteiger partial charge in [-0.25, -0.2) is 17.5 Å². The fourth-order valence-electron chi connectivity index (χ4n) is 4.74. The molecule has 0 fully saturated rings. The Morgan fingerprint density at radius 3 is 2.45 bits per heavy atom. The van der Waals surface area contributed by atoms with E-state index in [1.807, 2.05) is 0 Å². The number of fused-ring (bicyclic) bond motifs is 1. The molecule has 2 atom stereocenters. The molecule has 0 aliphatic heterocycles. The van der Waals surface area contributed by atoms with Crippen LogP contribution in [0.2, 0.25) is 10.0 Å². The van der Waals surface area contributed by atoms with Crippen LogP contribution in [-0.4, -0.2) is 20.4 Å². The Labute approximate surface area is 258 Å². The van der Waals surface area contributed by atoms with Gasteiger partial charge in [0.05, 0.1) is 21.0 Å². The minimum absolute atomic E-state index is 0.0894.